The third-order valence-corrected chi connectivity index (χ3v) is 4.01. The van der Waals surface area contributed by atoms with Crippen LogP contribution in [-0.2, 0) is 11.3 Å². The van der Waals surface area contributed by atoms with Crippen LogP contribution in [0.3, 0.4) is 0 Å². The van der Waals surface area contributed by atoms with Crippen molar-refractivity contribution in [2.45, 2.75) is 19.9 Å². The van der Waals surface area contributed by atoms with Gasteiger partial charge in [0.2, 0.25) is 5.91 Å². The van der Waals surface area contributed by atoms with Crippen LogP contribution in [0.25, 0.3) is 0 Å². The lowest BCUT2D eigenvalue weighted by molar-refractivity contribution is -0.116. The molecule has 2 aromatic rings. The van der Waals surface area contributed by atoms with Gasteiger partial charge in [-0.15, -0.1) is 0 Å². The maximum Gasteiger partial charge on any atom is 0.225 e. The van der Waals surface area contributed by atoms with Crippen molar-refractivity contribution in [2.75, 3.05) is 11.9 Å². The zero-order valence-corrected chi connectivity index (χ0v) is 13.6. The average molecular weight is 347 g/mol. The standard InChI is InChI=1S/C17H19BrN2O/c1-13-7-8-15(11-16(13)18)20-17(21)9-10-19-12-14-5-3-2-4-6-14/h2-8,11,19H,9-10,12H2,1H3,(H,20,21). The Morgan fingerprint density at radius 2 is 1.90 bits per heavy atom. The van der Waals surface area contributed by atoms with E-state index in [1.54, 1.807) is 0 Å². The van der Waals surface area contributed by atoms with Crippen LogP contribution in [0.1, 0.15) is 17.5 Å². The largest absolute Gasteiger partial charge is 0.326 e. The predicted molar refractivity (Wildman–Crippen MR) is 90.3 cm³/mol. The van der Waals surface area contributed by atoms with Crippen molar-refractivity contribution in [2.24, 2.45) is 0 Å². The molecule has 110 valence electrons. The van der Waals surface area contributed by atoms with Gasteiger partial charge in [0.05, 0.1) is 0 Å². The summed E-state index contributed by atoms with van der Waals surface area (Å²) in [5, 5.41) is 6.17. The van der Waals surface area contributed by atoms with E-state index in [4.69, 9.17) is 0 Å². The fraction of sp³-hybridized carbons (Fsp3) is 0.235. The zero-order chi connectivity index (χ0) is 15.1. The molecule has 0 atom stereocenters. The van der Waals surface area contributed by atoms with Gasteiger partial charge in [0.1, 0.15) is 0 Å². The van der Waals surface area contributed by atoms with Crippen LogP contribution in [0.4, 0.5) is 5.69 Å². The normalized spacial score (nSPS) is 10.4. The minimum Gasteiger partial charge on any atom is -0.326 e. The van der Waals surface area contributed by atoms with E-state index < -0.39 is 0 Å². The molecule has 2 aromatic carbocycles. The number of hydrogen-bond acceptors (Lipinski definition) is 2. The molecule has 0 aromatic heterocycles. The molecule has 0 fully saturated rings. The molecule has 0 saturated heterocycles. The Kier molecular flexibility index (Phi) is 5.96. The van der Waals surface area contributed by atoms with E-state index in [9.17, 15) is 4.79 Å². The molecular formula is C17H19BrN2O. The molecule has 4 heteroatoms. The second-order valence-corrected chi connectivity index (χ2v) is 5.78. The third kappa shape index (κ3) is 5.33. The Bertz CT molecular complexity index is 599. The Hall–Kier alpha value is -1.65. The molecule has 0 heterocycles. The van der Waals surface area contributed by atoms with Crippen LogP contribution in [0, 0.1) is 6.92 Å². The lowest BCUT2D eigenvalue weighted by Crippen LogP contribution is -2.21. The first-order valence-corrected chi connectivity index (χ1v) is 7.75. The van der Waals surface area contributed by atoms with E-state index in [0.29, 0.717) is 13.0 Å². The number of carbonyl (C=O) groups excluding carboxylic acids is 1. The summed E-state index contributed by atoms with van der Waals surface area (Å²) in [6.45, 7) is 3.46. The fourth-order valence-electron chi connectivity index (χ4n) is 1.92. The Labute approximate surface area is 133 Å². The minimum atomic E-state index is 0.0197. The monoisotopic (exact) mass is 346 g/mol. The minimum absolute atomic E-state index is 0.0197. The van der Waals surface area contributed by atoms with Gasteiger partial charge in [-0.2, -0.15) is 0 Å². The number of benzene rings is 2. The van der Waals surface area contributed by atoms with E-state index in [1.165, 1.54) is 5.56 Å². The average Bonchev–Trinajstić information content (AvgIpc) is 2.49. The molecule has 0 aliphatic rings. The highest BCUT2D eigenvalue weighted by molar-refractivity contribution is 9.10. The highest BCUT2D eigenvalue weighted by Crippen LogP contribution is 2.20. The number of amides is 1. The SMILES string of the molecule is Cc1ccc(NC(=O)CCNCc2ccccc2)cc1Br. The third-order valence-electron chi connectivity index (χ3n) is 3.16. The smallest absolute Gasteiger partial charge is 0.225 e. The van der Waals surface area contributed by atoms with E-state index in [1.807, 2.05) is 43.3 Å². The molecular weight excluding hydrogens is 328 g/mol. The van der Waals surface area contributed by atoms with Gasteiger partial charge in [0.15, 0.2) is 0 Å². The van der Waals surface area contributed by atoms with E-state index in [0.717, 1.165) is 22.3 Å². The van der Waals surface area contributed by atoms with Crippen LogP contribution >= 0.6 is 15.9 Å². The first-order chi connectivity index (χ1) is 10.1. The second kappa shape index (κ2) is 7.96. The van der Waals surface area contributed by atoms with Crippen molar-refractivity contribution < 1.29 is 4.79 Å². The lowest BCUT2D eigenvalue weighted by Gasteiger charge is -2.08. The van der Waals surface area contributed by atoms with Crippen LogP contribution < -0.4 is 10.6 Å². The van der Waals surface area contributed by atoms with Gasteiger partial charge >= 0.3 is 0 Å². The van der Waals surface area contributed by atoms with Crippen molar-refractivity contribution >= 4 is 27.5 Å². The van der Waals surface area contributed by atoms with Gasteiger partial charge in [-0.25, -0.2) is 0 Å². The summed E-state index contributed by atoms with van der Waals surface area (Å²) in [7, 11) is 0. The summed E-state index contributed by atoms with van der Waals surface area (Å²) in [4.78, 5) is 11.9. The predicted octanol–water partition coefficient (Wildman–Crippen LogP) is 3.88. The molecule has 2 N–H and O–H groups in total. The lowest BCUT2D eigenvalue weighted by atomic mass is 10.2. The van der Waals surface area contributed by atoms with Crippen molar-refractivity contribution in [1.82, 2.24) is 5.32 Å². The summed E-state index contributed by atoms with van der Waals surface area (Å²) in [5.41, 5.74) is 3.19. The highest BCUT2D eigenvalue weighted by Gasteiger charge is 2.03. The van der Waals surface area contributed by atoms with Gasteiger partial charge in [-0.1, -0.05) is 52.3 Å². The van der Waals surface area contributed by atoms with Crippen LogP contribution in [0.15, 0.2) is 53.0 Å². The zero-order valence-electron chi connectivity index (χ0n) is 12.0. The maximum atomic E-state index is 11.9. The molecule has 0 spiro atoms. The summed E-state index contributed by atoms with van der Waals surface area (Å²) >= 11 is 3.46. The van der Waals surface area contributed by atoms with E-state index in [2.05, 4.69) is 38.7 Å². The van der Waals surface area contributed by atoms with Gasteiger partial charge in [0, 0.05) is 29.7 Å². The molecule has 1 amide bonds. The quantitative estimate of drug-likeness (QED) is 0.779. The summed E-state index contributed by atoms with van der Waals surface area (Å²) < 4.78 is 1.00. The van der Waals surface area contributed by atoms with Gasteiger partial charge in [-0.3, -0.25) is 4.79 Å². The molecule has 0 saturated carbocycles. The molecule has 0 aliphatic heterocycles. The number of hydrogen-bond donors (Lipinski definition) is 2. The van der Waals surface area contributed by atoms with Crippen LogP contribution in [0.5, 0.6) is 0 Å². The number of anilines is 1. The van der Waals surface area contributed by atoms with Gasteiger partial charge < -0.3 is 10.6 Å². The molecule has 0 radical (unpaired) electrons. The number of nitrogens with one attached hydrogen (secondary N) is 2. The van der Waals surface area contributed by atoms with Crippen molar-refractivity contribution in [3.05, 3.63) is 64.1 Å². The molecule has 0 unspecified atom stereocenters. The van der Waals surface area contributed by atoms with E-state index >= 15 is 0 Å². The number of carbonyl (C=O) groups is 1. The summed E-state index contributed by atoms with van der Waals surface area (Å²) in [6.07, 6.45) is 0.457. The van der Waals surface area contributed by atoms with E-state index in [-0.39, 0.29) is 5.91 Å². The first-order valence-electron chi connectivity index (χ1n) is 6.96. The Morgan fingerprint density at radius 3 is 2.62 bits per heavy atom. The second-order valence-electron chi connectivity index (χ2n) is 4.92. The van der Waals surface area contributed by atoms with Crippen molar-refractivity contribution in [3.8, 4) is 0 Å². The number of halogens is 1. The summed E-state index contributed by atoms with van der Waals surface area (Å²) in [5.74, 6) is 0.0197. The van der Waals surface area contributed by atoms with Crippen molar-refractivity contribution in [3.63, 3.8) is 0 Å². The Balaban J connectivity index is 1.71. The first kappa shape index (κ1) is 15.7. The van der Waals surface area contributed by atoms with Gasteiger partial charge in [-0.05, 0) is 30.2 Å². The topological polar surface area (TPSA) is 41.1 Å². The molecule has 0 bridgehead atoms. The molecule has 21 heavy (non-hydrogen) atoms. The Morgan fingerprint density at radius 1 is 1.14 bits per heavy atom. The summed E-state index contributed by atoms with van der Waals surface area (Å²) in [6, 6.07) is 16.0. The fourth-order valence-corrected chi connectivity index (χ4v) is 2.30. The van der Waals surface area contributed by atoms with Gasteiger partial charge in [0.25, 0.3) is 0 Å². The van der Waals surface area contributed by atoms with Crippen molar-refractivity contribution in [1.29, 1.82) is 0 Å². The molecule has 0 aliphatic carbocycles. The highest BCUT2D eigenvalue weighted by atomic mass is 79.9. The molecule has 3 nitrogen and oxygen atoms in total. The number of aryl methyl sites for hydroxylation is 1. The number of rotatable bonds is 6. The van der Waals surface area contributed by atoms with Crippen LogP contribution in [-0.4, -0.2) is 12.5 Å². The van der Waals surface area contributed by atoms with Crippen LogP contribution in [0.2, 0.25) is 0 Å². The maximum absolute atomic E-state index is 11.9. The molecule has 2 rings (SSSR count).